The zero-order valence-electron chi connectivity index (χ0n) is 37.2. The van der Waals surface area contributed by atoms with Crippen LogP contribution in [0.4, 0.5) is 0 Å². The Bertz CT molecular complexity index is 1770. The van der Waals surface area contributed by atoms with Crippen LogP contribution in [0.1, 0.15) is 59.1 Å². The van der Waals surface area contributed by atoms with Crippen molar-refractivity contribution in [3.63, 3.8) is 0 Å². The van der Waals surface area contributed by atoms with Crippen LogP contribution in [0.2, 0.25) is 0 Å². The van der Waals surface area contributed by atoms with Crippen molar-refractivity contribution in [3.05, 3.63) is 215 Å². The lowest BCUT2D eigenvalue weighted by molar-refractivity contribution is 0.0605. The smallest absolute Gasteiger partial charge is 0.0700 e. The molecule has 0 saturated heterocycles. The molecule has 0 N–H and O–H groups in total. The van der Waals surface area contributed by atoms with Gasteiger partial charge in [0.05, 0.1) is 37.3 Å². The van der Waals surface area contributed by atoms with Gasteiger partial charge in [-0.3, -0.25) is 0 Å². The highest BCUT2D eigenvalue weighted by Gasteiger charge is 2.64. The second kappa shape index (κ2) is 28.5. The van der Waals surface area contributed by atoms with Gasteiger partial charge in [0.1, 0.15) is 0 Å². The van der Waals surface area contributed by atoms with Crippen LogP contribution >= 0.6 is 72.3 Å². The first-order valence-electron chi connectivity index (χ1n) is 22.8. The molecule has 338 valence electrons. The lowest BCUT2D eigenvalue weighted by Crippen LogP contribution is -2.63. The molecule has 0 amide bonds. The van der Waals surface area contributed by atoms with Crippen LogP contribution < -0.4 is 0 Å². The van der Waals surface area contributed by atoms with E-state index in [-0.39, 0.29) is 0 Å². The van der Waals surface area contributed by atoms with Crippen molar-refractivity contribution < 1.29 is 9.47 Å². The van der Waals surface area contributed by atoms with Gasteiger partial charge in [-0.25, -0.2) is 0 Å². The maximum Gasteiger partial charge on any atom is 0.0700 e. The molecule has 0 heterocycles. The first-order valence-corrected chi connectivity index (χ1v) is 28.5. The summed E-state index contributed by atoms with van der Waals surface area (Å²) in [4.78, 5) is 0. The Morgan fingerprint density at radius 2 is 0.594 bits per heavy atom. The van der Waals surface area contributed by atoms with E-state index in [1.807, 2.05) is 35.3 Å². The number of rotatable bonds is 31. The molecule has 0 aliphatic rings. The van der Waals surface area contributed by atoms with E-state index < -0.39 is 15.6 Å². The molecule has 0 atom stereocenters. The molecule has 0 unspecified atom stereocenters. The predicted molar refractivity (Wildman–Crippen MR) is 293 cm³/mol. The second-order valence-electron chi connectivity index (χ2n) is 15.8. The fourth-order valence-electron chi connectivity index (χ4n) is 9.10. The minimum absolute atomic E-state index is 0.668. The molecule has 0 bridgehead atoms. The zero-order valence-corrected chi connectivity index (χ0v) is 42.2. The Labute approximate surface area is 413 Å². The minimum atomic E-state index is -0.777. The zero-order chi connectivity index (χ0) is 44.4. The molecule has 6 aromatic carbocycles. The largest absolute Gasteiger partial charge is 0.378 e. The Morgan fingerprint density at radius 1 is 0.328 bits per heavy atom. The van der Waals surface area contributed by atoms with Crippen molar-refractivity contribution in [2.24, 2.45) is 0 Å². The highest BCUT2D eigenvalue weighted by atomic mass is 32.2. The van der Waals surface area contributed by atoms with Gasteiger partial charge in [0.15, 0.2) is 0 Å². The molecule has 6 rings (SSSR count). The first kappa shape index (κ1) is 50.7. The minimum Gasteiger partial charge on any atom is -0.378 e. The molecule has 0 spiro atoms. The van der Waals surface area contributed by atoms with E-state index in [1.165, 1.54) is 63.5 Å². The van der Waals surface area contributed by atoms with Gasteiger partial charge < -0.3 is 9.47 Å². The van der Waals surface area contributed by atoms with Gasteiger partial charge in [-0.2, -0.15) is 72.3 Å². The number of ether oxygens (including phenoxy) is 2. The standard InChI is InChI=1S/C56H66O2S6/c59-39-19-40-61-41-20-43-63-46-37-57-35-36-58-38-47-64-44-21-42-62-45-34-54(60,55(48-22-7-1-8-23-48,49-24-9-2-10-25-49)50-26-11-3-12-27-50)56(51-28-13-4-14-29-51,52-30-15-5-16-31-52)53-32-17-6-18-33-53/h1-18,22-33,59-60H,19-21,34-47H2. The van der Waals surface area contributed by atoms with E-state index in [1.54, 1.807) is 0 Å². The third-order valence-corrected chi connectivity index (χ3v) is 17.3. The summed E-state index contributed by atoms with van der Waals surface area (Å²) in [5.41, 5.74) is 5.90. The van der Waals surface area contributed by atoms with E-state index >= 15 is 0 Å². The Balaban J connectivity index is 1.19. The molecule has 0 radical (unpaired) electrons. The third kappa shape index (κ3) is 13.1. The summed E-state index contributed by atoms with van der Waals surface area (Å²) in [7, 11) is 0. The SMILES string of the molecule is SCCCSCCCSCCOCCOCCSCCCSCCC(S)(C(c1ccccc1)(c1ccccc1)c1ccccc1)C(c1ccccc1)(c1ccccc1)c1ccccc1. The number of hydrogen-bond acceptors (Lipinski definition) is 8. The molecule has 8 heteroatoms. The van der Waals surface area contributed by atoms with Gasteiger partial charge in [0.25, 0.3) is 0 Å². The molecule has 0 fully saturated rings. The lowest BCUT2D eigenvalue weighted by atomic mass is 9.47. The molecular weight excluding hydrogens is 897 g/mol. The van der Waals surface area contributed by atoms with Crippen LogP contribution in [0.3, 0.4) is 0 Å². The normalized spacial score (nSPS) is 12.1. The third-order valence-electron chi connectivity index (χ3n) is 11.8. The van der Waals surface area contributed by atoms with Gasteiger partial charge in [-0.05, 0) is 99.3 Å². The van der Waals surface area contributed by atoms with E-state index in [4.69, 9.17) is 22.1 Å². The summed E-state index contributed by atoms with van der Waals surface area (Å²) in [6, 6.07) is 67.1. The molecule has 0 aromatic heterocycles. The van der Waals surface area contributed by atoms with Crippen molar-refractivity contribution >= 4 is 72.3 Å². The molecule has 0 saturated carbocycles. The molecule has 64 heavy (non-hydrogen) atoms. The maximum atomic E-state index is 6.45. The summed E-state index contributed by atoms with van der Waals surface area (Å²) in [5.74, 6) is 9.91. The second-order valence-corrected chi connectivity index (χ2v) is 21.9. The highest BCUT2D eigenvalue weighted by molar-refractivity contribution is 8.00. The maximum absolute atomic E-state index is 6.45. The summed E-state index contributed by atoms with van der Waals surface area (Å²) < 4.78 is 11.0. The Hall–Kier alpha value is -2.66. The Kier molecular flexibility index (Phi) is 22.6. The Morgan fingerprint density at radius 3 is 0.891 bits per heavy atom. The average molecular weight is 964 g/mol. The van der Waals surface area contributed by atoms with Crippen LogP contribution in [0, 0.1) is 0 Å². The van der Waals surface area contributed by atoms with E-state index in [9.17, 15) is 0 Å². The van der Waals surface area contributed by atoms with Crippen molar-refractivity contribution in [2.45, 2.75) is 41.3 Å². The number of benzene rings is 6. The predicted octanol–water partition coefficient (Wildman–Crippen LogP) is 14.2. The quantitative estimate of drug-likeness (QED) is 0.0255. The van der Waals surface area contributed by atoms with E-state index in [2.05, 4.69) is 206 Å². The van der Waals surface area contributed by atoms with Gasteiger partial charge in [0.2, 0.25) is 0 Å². The highest BCUT2D eigenvalue weighted by Crippen LogP contribution is 2.64. The van der Waals surface area contributed by atoms with Crippen LogP contribution in [-0.2, 0) is 20.3 Å². The van der Waals surface area contributed by atoms with Crippen molar-refractivity contribution in [2.75, 3.05) is 78.2 Å². The van der Waals surface area contributed by atoms with E-state index in [0.29, 0.717) is 13.2 Å². The van der Waals surface area contributed by atoms with Gasteiger partial charge in [0, 0.05) is 16.3 Å². The van der Waals surface area contributed by atoms with Crippen LogP contribution in [0.5, 0.6) is 0 Å². The van der Waals surface area contributed by atoms with Gasteiger partial charge in [-0.15, -0.1) is 0 Å². The van der Waals surface area contributed by atoms with Gasteiger partial charge in [-0.1, -0.05) is 182 Å². The topological polar surface area (TPSA) is 18.5 Å². The lowest BCUT2D eigenvalue weighted by Gasteiger charge is -2.60. The molecule has 6 aromatic rings. The fraction of sp³-hybridized carbons (Fsp3) is 0.357. The molecular formula is C56H66O2S6. The van der Waals surface area contributed by atoms with Crippen LogP contribution in [0.15, 0.2) is 182 Å². The summed E-state index contributed by atoms with van der Waals surface area (Å²) in [6.07, 6.45) is 4.44. The van der Waals surface area contributed by atoms with Crippen LogP contribution in [0.25, 0.3) is 0 Å². The summed E-state index contributed by atoms with van der Waals surface area (Å²) in [5, 5.41) is 0. The first-order chi connectivity index (χ1) is 31.7. The fourth-order valence-corrected chi connectivity index (χ4v) is 14.4. The molecule has 0 aliphatic carbocycles. The summed E-state index contributed by atoms with van der Waals surface area (Å²) in [6.45, 7) is 2.92. The number of thioether (sulfide) groups is 4. The monoisotopic (exact) mass is 962 g/mol. The van der Waals surface area contributed by atoms with Crippen LogP contribution in [-0.4, -0.2) is 83.0 Å². The van der Waals surface area contributed by atoms with Crippen molar-refractivity contribution in [3.8, 4) is 0 Å². The number of thiol groups is 2. The summed E-state index contributed by atoms with van der Waals surface area (Å²) >= 11 is 18.8. The van der Waals surface area contributed by atoms with Crippen molar-refractivity contribution in [1.29, 1.82) is 0 Å². The number of hydrogen-bond donors (Lipinski definition) is 2. The average Bonchev–Trinajstić information content (AvgIpc) is 3.35. The molecule has 0 aliphatic heterocycles. The van der Waals surface area contributed by atoms with Gasteiger partial charge >= 0.3 is 0 Å². The molecule has 2 nitrogen and oxygen atoms in total. The van der Waals surface area contributed by atoms with Crippen molar-refractivity contribution in [1.82, 2.24) is 0 Å². The van der Waals surface area contributed by atoms with E-state index in [0.717, 1.165) is 60.6 Å².